The van der Waals surface area contributed by atoms with Crippen LogP contribution in [-0.4, -0.2) is 57.1 Å². The molecule has 8 nitrogen and oxygen atoms in total. The van der Waals surface area contributed by atoms with E-state index < -0.39 is 16.1 Å². The van der Waals surface area contributed by atoms with Crippen LogP contribution in [-0.2, 0) is 32.6 Å². The van der Waals surface area contributed by atoms with Gasteiger partial charge in [0.25, 0.3) is 0 Å². The molecule has 0 heterocycles. The number of nitrogens with zero attached hydrogens (tertiary/aromatic N) is 2. The minimum absolute atomic E-state index is 0.121. The summed E-state index contributed by atoms with van der Waals surface area (Å²) in [4.78, 5) is 28.1. The molecule has 2 aromatic carbocycles. The lowest BCUT2D eigenvalue weighted by atomic mass is 10.1. The Morgan fingerprint density at radius 1 is 1.03 bits per heavy atom. The summed E-state index contributed by atoms with van der Waals surface area (Å²) < 4.78 is 31.6. The fourth-order valence-corrected chi connectivity index (χ4v) is 5.77. The third-order valence-electron chi connectivity index (χ3n) is 7.17. The highest BCUT2D eigenvalue weighted by Crippen LogP contribution is 2.22. The van der Waals surface area contributed by atoms with Crippen LogP contribution < -0.4 is 14.4 Å². The number of sulfonamides is 1. The maximum atomic E-state index is 13.5. The van der Waals surface area contributed by atoms with Crippen molar-refractivity contribution >= 4 is 27.5 Å². The first kappa shape index (κ1) is 29.5. The number of carbonyl (C=O) groups excluding carboxylic acids is 2. The molecule has 2 amide bonds. The van der Waals surface area contributed by atoms with Crippen LogP contribution in [0, 0.1) is 0 Å². The zero-order valence-electron chi connectivity index (χ0n) is 23.0. The standard InChI is InChI=1S/C29H41N3O5S/c1-5-23-12-16-26(17-13-23)32(38(4,35)36)20-8-11-28(33)31(21-24-14-18-27(37-3)19-15-24)22(2)29(34)30-25-9-6-7-10-25/h12-19,22,25H,5-11,20-21H2,1-4H3,(H,30,34). The van der Waals surface area contributed by atoms with Crippen LogP contribution in [0.3, 0.4) is 0 Å². The van der Waals surface area contributed by atoms with E-state index in [1.807, 2.05) is 43.3 Å². The van der Waals surface area contributed by atoms with Crippen LogP contribution in [0.1, 0.15) is 63.5 Å². The molecule has 1 aliphatic carbocycles. The molecule has 9 heteroatoms. The van der Waals surface area contributed by atoms with Gasteiger partial charge in [-0.15, -0.1) is 0 Å². The number of methoxy groups -OCH3 is 1. The van der Waals surface area contributed by atoms with E-state index in [1.165, 1.54) is 10.6 Å². The molecular weight excluding hydrogens is 502 g/mol. The van der Waals surface area contributed by atoms with Crippen molar-refractivity contribution in [2.24, 2.45) is 0 Å². The lowest BCUT2D eigenvalue weighted by Gasteiger charge is -2.30. The fourth-order valence-electron chi connectivity index (χ4n) is 4.80. The van der Waals surface area contributed by atoms with Crippen molar-refractivity contribution in [2.75, 3.05) is 24.2 Å². The summed E-state index contributed by atoms with van der Waals surface area (Å²) in [7, 11) is -1.93. The first-order valence-corrected chi connectivity index (χ1v) is 15.3. The molecule has 0 aromatic heterocycles. The van der Waals surface area contributed by atoms with Crippen LogP contribution in [0.15, 0.2) is 48.5 Å². The number of amides is 2. The van der Waals surface area contributed by atoms with Gasteiger partial charge < -0.3 is 15.0 Å². The molecule has 3 rings (SSSR count). The first-order chi connectivity index (χ1) is 18.1. The number of aryl methyl sites for hydroxylation is 1. The van der Waals surface area contributed by atoms with Gasteiger partial charge in [-0.2, -0.15) is 0 Å². The Balaban J connectivity index is 1.71. The Morgan fingerprint density at radius 3 is 2.18 bits per heavy atom. The van der Waals surface area contributed by atoms with Crippen LogP contribution in [0.5, 0.6) is 5.75 Å². The number of carbonyl (C=O) groups is 2. The largest absolute Gasteiger partial charge is 0.497 e. The second-order valence-electron chi connectivity index (χ2n) is 9.99. The lowest BCUT2D eigenvalue weighted by molar-refractivity contribution is -0.141. The number of anilines is 1. The predicted molar refractivity (Wildman–Crippen MR) is 151 cm³/mol. The van der Waals surface area contributed by atoms with Crippen LogP contribution in [0.25, 0.3) is 0 Å². The van der Waals surface area contributed by atoms with Crippen molar-refractivity contribution in [2.45, 2.75) is 77.4 Å². The Hall–Kier alpha value is -3.07. The van der Waals surface area contributed by atoms with Crippen molar-refractivity contribution in [3.05, 3.63) is 59.7 Å². The summed E-state index contributed by atoms with van der Waals surface area (Å²) in [5, 5.41) is 3.10. The van der Waals surface area contributed by atoms with Crippen molar-refractivity contribution in [1.82, 2.24) is 10.2 Å². The Labute approximate surface area is 227 Å². The Kier molecular flexibility index (Phi) is 10.6. The molecular formula is C29H41N3O5S. The topological polar surface area (TPSA) is 96.0 Å². The molecule has 0 radical (unpaired) electrons. The van der Waals surface area contributed by atoms with Gasteiger partial charge in [0.2, 0.25) is 21.8 Å². The van der Waals surface area contributed by atoms with Crippen molar-refractivity contribution in [1.29, 1.82) is 0 Å². The number of nitrogens with one attached hydrogen (secondary N) is 1. The molecule has 0 saturated heterocycles. The molecule has 1 saturated carbocycles. The van der Waals surface area contributed by atoms with E-state index in [0.717, 1.165) is 43.2 Å². The van der Waals surface area contributed by atoms with Gasteiger partial charge in [0.1, 0.15) is 11.8 Å². The van der Waals surface area contributed by atoms with Gasteiger partial charge >= 0.3 is 0 Å². The minimum Gasteiger partial charge on any atom is -0.497 e. The molecule has 38 heavy (non-hydrogen) atoms. The highest BCUT2D eigenvalue weighted by atomic mass is 32.2. The van der Waals surface area contributed by atoms with Crippen molar-refractivity contribution in [3.63, 3.8) is 0 Å². The molecule has 1 unspecified atom stereocenters. The Bertz CT molecular complexity index is 1160. The van der Waals surface area contributed by atoms with Gasteiger partial charge in [-0.25, -0.2) is 8.42 Å². The van der Waals surface area contributed by atoms with E-state index in [0.29, 0.717) is 17.9 Å². The van der Waals surface area contributed by atoms with Gasteiger partial charge in [-0.1, -0.05) is 44.0 Å². The van der Waals surface area contributed by atoms with Gasteiger partial charge in [0, 0.05) is 25.6 Å². The molecule has 1 fully saturated rings. The number of rotatable bonds is 13. The minimum atomic E-state index is -3.52. The van der Waals surface area contributed by atoms with E-state index in [9.17, 15) is 18.0 Å². The molecule has 1 atom stereocenters. The lowest BCUT2D eigenvalue weighted by Crippen LogP contribution is -2.49. The van der Waals surface area contributed by atoms with E-state index in [2.05, 4.69) is 5.32 Å². The molecule has 0 aliphatic heterocycles. The first-order valence-electron chi connectivity index (χ1n) is 13.4. The molecule has 1 N–H and O–H groups in total. The summed E-state index contributed by atoms with van der Waals surface area (Å²) in [6, 6.07) is 14.4. The third kappa shape index (κ3) is 8.21. The van der Waals surface area contributed by atoms with Gasteiger partial charge in [-0.3, -0.25) is 13.9 Å². The van der Waals surface area contributed by atoms with Crippen molar-refractivity contribution in [3.8, 4) is 5.75 Å². The second-order valence-corrected chi connectivity index (χ2v) is 11.9. The highest BCUT2D eigenvalue weighted by molar-refractivity contribution is 7.92. The van der Waals surface area contributed by atoms with Crippen LogP contribution in [0.4, 0.5) is 5.69 Å². The number of benzene rings is 2. The number of hydrogen-bond donors (Lipinski definition) is 1. The highest BCUT2D eigenvalue weighted by Gasteiger charge is 2.28. The monoisotopic (exact) mass is 543 g/mol. The predicted octanol–water partition coefficient (Wildman–Crippen LogP) is 4.28. The summed E-state index contributed by atoms with van der Waals surface area (Å²) >= 11 is 0. The van der Waals surface area contributed by atoms with Crippen molar-refractivity contribution < 1.29 is 22.7 Å². The van der Waals surface area contributed by atoms with E-state index >= 15 is 0 Å². The number of ether oxygens (including phenoxy) is 1. The molecule has 0 bridgehead atoms. The molecule has 208 valence electrons. The molecule has 0 spiro atoms. The molecule has 1 aliphatic rings. The summed E-state index contributed by atoms with van der Waals surface area (Å²) in [5.41, 5.74) is 2.58. The molecule has 2 aromatic rings. The zero-order chi connectivity index (χ0) is 27.7. The van der Waals surface area contributed by atoms with Gasteiger partial charge in [0.05, 0.1) is 19.1 Å². The summed E-state index contributed by atoms with van der Waals surface area (Å²) in [5.74, 6) is 0.365. The van der Waals surface area contributed by atoms with E-state index in [1.54, 1.807) is 31.1 Å². The summed E-state index contributed by atoms with van der Waals surface area (Å²) in [6.07, 6.45) is 6.63. The fraction of sp³-hybridized carbons (Fsp3) is 0.517. The van der Waals surface area contributed by atoms with Crippen LogP contribution >= 0.6 is 0 Å². The van der Waals surface area contributed by atoms with E-state index in [-0.39, 0.29) is 37.4 Å². The average molecular weight is 544 g/mol. The maximum absolute atomic E-state index is 13.5. The zero-order valence-corrected chi connectivity index (χ0v) is 23.8. The average Bonchev–Trinajstić information content (AvgIpc) is 3.42. The smallest absolute Gasteiger partial charge is 0.242 e. The SMILES string of the molecule is CCc1ccc(N(CCCC(=O)N(Cc2ccc(OC)cc2)C(C)C(=O)NC2CCCC2)S(C)(=O)=O)cc1. The maximum Gasteiger partial charge on any atom is 0.242 e. The third-order valence-corrected chi connectivity index (χ3v) is 8.36. The van der Waals surface area contributed by atoms with Gasteiger partial charge in [-0.05, 0) is 68.0 Å². The normalized spacial score (nSPS) is 14.6. The van der Waals surface area contributed by atoms with Gasteiger partial charge in [0.15, 0.2) is 0 Å². The number of hydrogen-bond acceptors (Lipinski definition) is 5. The summed E-state index contributed by atoms with van der Waals surface area (Å²) in [6.45, 7) is 4.25. The Morgan fingerprint density at radius 2 is 1.63 bits per heavy atom. The quantitative estimate of drug-likeness (QED) is 0.407. The van der Waals surface area contributed by atoms with E-state index in [4.69, 9.17) is 4.74 Å². The second kappa shape index (κ2) is 13.6. The van der Waals surface area contributed by atoms with Crippen LogP contribution in [0.2, 0.25) is 0 Å².